The molecule has 116 valence electrons. The number of rotatable bonds is 2. The number of aromatic amines is 1. The van der Waals surface area contributed by atoms with E-state index < -0.39 is 0 Å². The molecular weight excluding hydrogens is 293 g/mol. The minimum atomic E-state index is -0.296. The van der Waals surface area contributed by atoms with Gasteiger partial charge in [0.25, 0.3) is 0 Å². The smallest absolute Gasteiger partial charge is 0.141 e. The second-order valence-electron chi connectivity index (χ2n) is 5.93. The number of hydrogen-bond acceptors (Lipinski definition) is 3. The van der Waals surface area contributed by atoms with Crippen LogP contribution in [0, 0.1) is 12.7 Å². The van der Waals surface area contributed by atoms with Crippen molar-refractivity contribution in [2.24, 2.45) is 0 Å². The van der Waals surface area contributed by atoms with Crippen molar-refractivity contribution in [3.8, 4) is 11.1 Å². The van der Waals surface area contributed by atoms with Crippen molar-refractivity contribution in [2.45, 2.75) is 26.8 Å². The van der Waals surface area contributed by atoms with Crippen molar-refractivity contribution in [3.05, 3.63) is 42.5 Å². The van der Waals surface area contributed by atoms with Gasteiger partial charge in [0.2, 0.25) is 0 Å². The number of benzene rings is 1. The molecule has 3 heterocycles. The van der Waals surface area contributed by atoms with E-state index >= 15 is 0 Å². The molecule has 6 heteroatoms. The average molecular weight is 309 g/mol. The highest BCUT2D eigenvalue weighted by atomic mass is 19.1. The van der Waals surface area contributed by atoms with Crippen LogP contribution in [-0.2, 0) is 0 Å². The Balaban J connectivity index is 2.03. The molecule has 0 amide bonds. The fourth-order valence-corrected chi connectivity index (χ4v) is 3.18. The first kappa shape index (κ1) is 13.9. The van der Waals surface area contributed by atoms with E-state index in [4.69, 9.17) is 0 Å². The summed E-state index contributed by atoms with van der Waals surface area (Å²) in [7, 11) is 0. The van der Waals surface area contributed by atoms with Gasteiger partial charge in [0.05, 0.1) is 11.0 Å². The van der Waals surface area contributed by atoms with Crippen LogP contribution in [0.15, 0.2) is 30.9 Å². The zero-order valence-corrected chi connectivity index (χ0v) is 13.1. The third kappa shape index (κ3) is 2.02. The maximum absolute atomic E-state index is 14.6. The number of nitrogens with zero attached hydrogens (tertiary/aromatic N) is 4. The highest BCUT2D eigenvalue weighted by Gasteiger charge is 2.17. The number of aryl methyl sites for hydroxylation is 1. The van der Waals surface area contributed by atoms with E-state index in [-0.39, 0.29) is 11.9 Å². The Morgan fingerprint density at radius 1 is 1.22 bits per heavy atom. The molecule has 0 aliphatic heterocycles. The van der Waals surface area contributed by atoms with Crippen LogP contribution >= 0.6 is 0 Å². The molecule has 0 unspecified atom stereocenters. The predicted octanol–water partition coefficient (Wildman–Crippen LogP) is 4.00. The fourth-order valence-electron chi connectivity index (χ4n) is 3.18. The molecule has 4 aromatic rings. The molecule has 4 rings (SSSR count). The lowest BCUT2D eigenvalue weighted by atomic mass is 10.0. The maximum atomic E-state index is 14.6. The van der Waals surface area contributed by atoms with Crippen LogP contribution in [0.2, 0.25) is 0 Å². The Morgan fingerprint density at radius 3 is 2.83 bits per heavy atom. The van der Waals surface area contributed by atoms with E-state index in [9.17, 15) is 4.39 Å². The number of aromatic nitrogens is 5. The topological polar surface area (TPSA) is 59.4 Å². The van der Waals surface area contributed by atoms with Crippen molar-refractivity contribution >= 4 is 22.1 Å². The molecule has 0 radical (unpaired) electrons. The Kier molecular flexibility index (Phi) is 2.94. The standard InChI is InChI=1S/C17H16FN5/c1-9(2)23-10(3)22-15-5-14(18)11(4-16(15)23)12-7-20-17-13(12)6-19-8-21-17/h4-9H,1-3H3,(H,19,20,21). The van der Waals surface area contributed by atoms with Gasteiger partial charge in [-0.25, -0.2) is 19.3 Å². The molecule has 0 atom stereocenters. The van der Waals surface area contributed by atoms with Crippen molar-refractivity contribution in [2.75, 3.05) is 0 Å². The molecule has 5 nitrogen and oxygen atoms in total. The number of nitrogens with one attached hydrogen (secondary N) is 1. The summed E-state index contributed by atoms with van der Waals surface area (Å²) in [4.78, 5) is 15.7. The summed E-state index contributed by atoms with van der Waals surface area (Å²) < 4.78 is 16.8. The minimum absolute atomic E-state index is 0.254. The van der Waals surface area contributed by atoms with Crippen LogP contribution in [0.4, 0.5) is 4.39 Å². The molecule has 0 saturated heterocycles. The fraction of sp³-hybridized carbons (Fsp3) is 0.235. The first-order valence-corrected chi connectivity index (χ1v) is 7.52. The lowest BCUT2D eigenvalue weighted by Gasteiger charge is -2.11. The highest BCUT2D eigenvalue weighted by Crippen LogP contribution is 2.33. The zero-order valence-electron chi connectivity index (χ0n) is 13.1. The van der Waals surface area contributed by atoms with Gasteiger partial charge in [-0.15, -0.1) is 0 Å². The zero-order chi connectivity index (χ0) is 16.1. The second kappa shape index (κ2) is 4.87. The molecule has 1 N–H and O–H groups in total. The summed E-state index contributed by atoms with van der Waals surface area (Å²) in [5.74, 6) is 0.587. The van der Waals surface area contributed by atoms with Crippen LogP contribution in [0.25, 0.3) is 33.2 Å². The Labute approximate surface area is 132 Å². The van der Waals surface area contributed by atoms with E-state index in [0.29, 0.717) is 16.7 Å². The van der Waals surface area contributed by atoms with Gasteiger partial charge in [-0.3, -0.25) is 0 Å². The molecular formula is C17H16FN5. The summed E-state index contributed by atoms with van der Waals surface area (Å²) in [6, 6.07) is 3.61. The summed E-state index contributed by atoms with van der Waals surface area (Å²) in [6.45, 7) is 6.13. The Hall–Kier alpha value is -2.76. The molecule has 0 aliphatic rings. The van der Waals surface area contributed by atoms with Gasteiger partial charge in [-0.1, -0.05) is 0 Å². The third-order valence-corrected chi connectivity index (χ3v) is 4.12. The average Bonchev–Trinajstić information content (AvgIpc) is 3.06. The molecule has 1 aromatic carbocycles. The second-order valence-corrected chi connectivity index (χ2v) is 5.93. The SMILES string of the molecule is Cc1nc2cc(F)c(-c3c[nH]c4ncncc34)cc2n1C(C)C. The number of H-pyrrole nitrogens is 1. The Morgan fingerprint density at radius 2 is 2.04 bits per heavy atom. The van der Waals surface area contributed by atoms with E-state index in [2.05, 4.69) is 38.4 Å². The number of hydrogen-bond donors (Lipinski definition) is 1. The molecule has 3 aromatic heterocycles. The third-order valence-electron chi connectivity index (χ3n) is 4.12. The van der Waals surface area contributed by atoms with E-state index in [1.807, 2.05) is 13.0 Å². The normalized spacial score (nSPS) is 11.9. The van der Waals surface area contributed by atoms with Crippen LogP contribution in [0.5, 0.6) is 0 Å². The van der Waals surface area contributed by atoms with Gasteiger partial charge in [0.15, 0.2) is 0 Å². The van der Waals surface area contributed by atoms with Gasteiger partial charge in [0, 0.05) is 41.0 Å². The summed E-state index contributed by atoms with van der Waals surface area (Å²) >= 11 is 0. The lowest BCUT2D eigenvalue weighted by Crippen LogP contribution is -2.02. The van der Waals surface area contributed by atoms with E-state index in [1.54, 1.807) is 12.4 Å². The maximum Gasteiger partial charge on any atom is 0.141 e. The quantitative estimate of drug-likeness (QED) is 0.609. The molecule has 0 aliphatic carbocycles. The van der Waals surface area contributed by atoms with Gasteiger partial charge in [-0.05, 0) is 26.8 Å². The number of halogens is 1. The van der Waals surface area contributed by atoms with E-state index in [0.717, 1.165) is 22.3 Å². The largest absolute Gasteiger partial charge is 0.345 e. The van der Waals surface area contributed by atoms with Gasteiger partial charge < -0.3 is 9.55 Å². The monoisotopic (exact) mass is 309 g/mol. The van der Waals surface area contributed by atoms with E-state index in [1.165, 1.54) is 12.4 Å². The first-order chi connectivity index (χ1) is 11.1. The predicted molar refractivity (Wildman–Crippen MR) is 87.7 cm³/mol. The molecule has 23 heavy (non-hydrogen) atoms. The summed E-state index contributed by atoms with van der Waals surface area (Å²) in [6.07, 6.45) is 4.94. The molecule has 0 saturated carbocycles. The van der Waals surface area contributed by atoms with Crippen LogP contribution < -0.4 is 0 Å². The van der Waals surface area contributed by atoms with Crippen LogP contribution in [-0.4, -0.2) is 24.5 Å². The summed E-state index contributed by atoms with van der Waals surface area (Å²) in [5, 5.41) is 0.804. The number of imidazole rings is 1. The molecule has 0 bridgehead atoms. The van der Waals surface area contributed by atoms with Gasteiger partial charge in [0.1, 0.15) is 23.6 Å². The van der Waals surface area contributed by atoms with Crippen molar-refractivity contribution in [3.63, 3.8) is 0 Å². The Bertz CT molecular complexity index is 1030. The molecule has 0 spiro atoms. The highest BCUT2D eigenvalue weighted by molar-refractivity contribution is 5.95. The van der Waals surface area contributed by atoms with Gasteiger partial charge >= 0.3 is 0 Å². The lowest BCUT2D eigenvalue weighted by molar-refractivity contribution is 0.599. The minimum Gasteiger partial charge on any atom is -0.345 e. The molecule has 0 fully saturated rings. The van der Waals surface area contributed by atoms with Crippen molar-refractivity contribution in [1.29, 1.82) is 0 Å². The van der Waals surface area contributed by atoms with Crippen LogP contribution in [0.3, 0.4) is 0 Å². The van der Waals surface area contributed by atoms with Gasteiger partial charge in [-0.2, -0.15) is 0 Å². The van der Waals surface area contributed by atoms with Crippen molar-refractivity contribution < 1.29 is 4.39 Å². The number of fused-ring (bicyclic) bond motifs is 2. The first-order valence-electron chi connectivity index (χ1n) is 7.52. The van der Waals surface area contributed by atoms with Crippen LogP contribution in [0.1, 0.15) is 25.7 Å². The van der Waals surface area contributed by atoms with Crippen molar-refractivity contribution in [1.82, 2.24) is 24.5 Å². The summed E-state index contributed by atoms with van der Waals surface area (Å²) in [5.41, 5.74) is 3.59.